The van der Waals surface area contributed by atoms with Crippen LogP contribution in [-0.4, -0.2) is 45.0 Å². The molecule has 1 N–H and O–H groups in total. The van der Waals surface area contributed by atoms with Crippen molar-refractivity contribution in [3.8, 4) is 0 Å². The lowest BCUT2D eigenvalue weighted by molar-refractivity contribution is 0.0939. The van der Waals surface area contributed by atoms with Crippen LogP contribution in [0.4, 0.5) is 0 Å². The molecule has 27 heavy (non-hydrogen) atoms. The van der Waals surface area contributed by atoms with E-state index in [4.69, 9.17) is 0 Å². The first-order chi connectivity index (χ1) is 13.1. The second-order valence-corrected chi connectivity index (χ2v) is 7.21. The van der Waals surface area contributed by atoms with Crippen molar-refractivity contribution in [1.29, 1.82) is 0 Å². The van der Waals surface area contributed by atoms with E-state index in [1.54, 1.807) is 10.7 Å². The summed E-state index contributed by atoms with van der Waals surface area (Å²) >= 11 is 0. The maximum Gasteiger partial charge on any atom is 0.256 e. The molecule has 0 saturated carbocycles. The molecule has 1 aromatic carbocycles. The molecular formula is C21H25N5O. The molecule has 3 heterocycles. The van der Waals surface area contributed by atoms with Crippen LogP contribution < -0.4 is 5.32 Å². The number of nitrogens with one attached hydrogen (secondary N) is 1. The summed E-state index contributed by atoms with van der Waals surface area (Å²) in [6, 6.07) is 12.6. The van der Waals surface area contributed by atoms with Gasteiger partial charge in [-0.15, -0.1) is 0 Å². The highest BCUT2D eigenvalue weighted by molar-refractivity contribution is 5.99. The number of fused-ring (bicyclic) bond motifs is 1. The fraction of sp³-hybridized carbons (Fsp3) is 0.381. The van der Waals surface area contributed by atoms with Crippen LogP contribution >= 0.6 is 0 Å². The van der Waals surface area contributed by atoms with Gasteiger partial charge in [-0.1, -0.05) is 30.3 Å². The number of aryl methyl sites for hydroxylation is 2. The molecule has 140 valence electrons. The fourth-order valence-corrected chi connectivity index (χ4v) is 3.90. The number of nitrogens with zero attached hydrogens (tertiary/aromatic N) is 4. The van der Waals surface area contributed by atoms with Crippen LogP contribution in [0.2, 0.25) is 0 Å². The zero-order valence-electron chi connectivity index (χ0n) is 15.9. The number of benzene rings is 1. The minimum atomic E-state index is -0.123. The predicted octanol–water partition coefficient (Wildman–Crippen LogP) is 2.91. The molecule has 1 saturated heterocycles. The number of aromatic nitrogens is 3. The van der Waals surface area contributed by atoms with Crippen molar-refractivity contribution in [2.24, 2.45) is 0 Å². The van der Waals surface area contributed by atoms with Crippen molar-refractivity contribution in [1.82, 2.24) is 24.8 Å². The molecule has 0 radical (unpaired) electrons. The Bertz CT molecular complexity index is 944. The maximum absolute atomic E-state index is 12.9. The molecule has 1 atom stereocenters. The summed E-state index contributed by atoms with van der Waals surface area (Å²) in [5, 5.41) is 7.44. The Morgan fingerprint density at radius 3 is 2.67 bits per heavy atom. The van der Waals surface area contributed by atoms with E-state index in [1.807, 2.05) is 26.0 Å². The molecule has 1 aliphatic rings. The van der Waals surface area contributed by atoms with Gasteiger partial charge >= 0.3 is 0 Å². The monoisotopic (exact) mass is 363 g/mol. The third-order valence-electron chi connectivity index (χ3n) is 5.24. The minimum Gasteiger partial charge on any atom is -0.350 e. The van der Waals surface area contributed by atoms with Crippen molar-refractivity contribution in [3.63, 3.8) is 0 Å². The van der Waals surface area contributed by atoms with Gasteiger partial charge in [-0.25, -0.2) is 9.50 Å². The second kappa shape index (κ2) is 7.48. The quantitative estimate of drug-likeness (QED) is 0.757. The van der Waals surface area contributed by atoms with Gasteiger partial charge < -0.3 is 5.32 Å². The zero-order valence-corrected chi connectivity index (χ0v) is 15.9. The largest absolute Gasteiger partial charge is 0.350 e. The number of rotatable bonds is 5. The third kappa shape index (κ3) is 3.57. The van der Waals surface area contributed by atoms with Gasteiger partial charge in [-0.05, 0) is 51.4 Å². The SMILES string of the molecule is Cc1cc(C)n2ncc(C(=O)NCC(c3ccccc3)N3CCCC3)c2n1. The molecule has 4 rings (SSSR count). The third-order valence-corrected chi connectivity index (χ3v) is 5.24. The number of amides is 1. The van der Waals surface area contributed by atoms with Gasteiger partial charge in [-0.2, -0.15) is 5.10 Å². The molecule has 0 spiro atoms. The van der Waals surface area contributed by atoms with Crippen LogP contribution in [-0.2, 0) is 0 Å². The Morgan fingerprint density at radius 2 is 1.93 bits per heavy atom. The molecule has 3 aromatic rings. The molecule has 0 bridgehead atoms. The highest BCUT2D eigenvalue weighted by Gasteiger charge is 2.24. The number of hydrogen-bond donors (Lipinski definition) is 1. The Labute approximate surface area is 159 Å². The predicted molar refractivity (Wildman–Crippen MR) is 105 cm³/mol. The molecule has 0 aliphatic carbocycles. The Hall–Kier alpha value is -2.73. The molecule has 2 aromatic heterocycles. The molecule has 1 amide bonds. The van der Waals surface area contributed by atoms with E-state index in [0.717, 1.165) is 24.5 Å². The van der Waals surface area contributed by atoms with Gasteiger partial charge in [0.15, 0.2) is 5.65 Å². The average Bonchev–Trinajstić information content (AvgIpc) is 3.33. The summed E-state index contributed by atoms with van der Waals surface area (Å²) in [5.74, 6) is -0.123. The van der Waals surface area contributed by atoms with Crippen LogP contribution in [0.25, 0.3) is 5.65 Å². The van der Waals surface area contributed by atoms with Crippen molar-refractivity contribution in [2.75, 3.05) is 19.6 Å². The van der Waals surface area contributed by atoms with Gasteiger partial charge in [0, 0.05) is 17.9 Å². The normalized spacial score (nSPS) is 15.9. The summed E-state index contributed by atoms with van der Waals surface area (Å²) in [6.07, 6.45) is 4.04. The van der Waals surface area contributed by atoms with E-state index < -0.39 is 0 Å². The molecule has 6 nitrogen and oxygen atoms in total. The summed E-state index contributed by atoms with van der Waals surface area (Å²) in [7, 11) is 0. The van der Waals surface area contributed by atoms with Crippen LogP contribution in [0.15, 0.2) is 42.6 Å². The maximum atomic E-state index is 12.9. The van der Waals surface area contributed by atoms with Crippen LogP contribution in [0.5, 0.6) is 0 Å². The summed E-state index contributed by atoms with van der Waals surface area (Å²) < 4.78 is 1.72. The first-order valence-electron chi connectivity index (χ1n) is 9.52. The van der Waals surface area contributed by atoms with E-state index in [0.29, 0.717) is 17.8 Å². The van der Waals surface area contributed by atoms with Crippen molar-refractivity contribution < 1.29 is 4.79 Å². The van der Waals surface area contributed by atoms with Gasteiger partial charge in [0.25, 0.3) is 5.91 Å². The van der Waals surface area contributed by atoms with Crippen LogP contribution in [0.3, 0.4) is 0 Å². The molecule has 1 aliphatic heterocycles. The zero-order chi connectivity index (χ0) is 18.8. The lowest BCUT2D eigenvalue weighted by Crippen LogP contribution is -2.36. The Kier molecular flexibility index (Phi) is 4.90. The van der Waals surface area contributed by atoms with Gasteiger partial charge in [0.2, 0.25) is 0 Å². The van der Waals surface area contributed by atoms with E-state index in [2.05, 4.69) is 44.6 Å². The van der Waals surface area contributed by atoms with Crippen LogP contribution in [0, 0.1) is 13.8 Å². The summed E-state index contributed by atoms with van der Waals surface area (Å²) in [6.45, 7) is 6.62. The lowest BCUT2D eigenvalue weighted by atomic mass is 10.1. The highest BCUT2D eigenvalue weighted by Crippen LogP contribution is 2.24. The van der Waals surface area contributed by atoms with Gasteiger partial charge in [0.1, 0.15) is 5.56 Å². The topological polar surface area (TPSA) is 62.5 Å². The first-order valence-corrected chi connectivity index (χ1v) is 9.52. The lowest BCUT2D eigenvalue weighted by Gasteiger charge is -2.28. The molecule has 1 unspecified atom stereocenters. The average molecular weight is 363 g/mol. The fourth-order valence-electron chi connectivity index (χ4n) is 3.90. The van der Waals surface area contributed by atoms with Crippen molar-refractivity contribution >= 4 is 11.6 Å². The molecular weight excluding hydrogens is 338 g/mol. The first kappa shape index (κ1) is 17.7. The minimum absolute atomic E-state index is 0.123. The number of hydrogen-bond acceptors (Lipinski definition) is 4. The van der Waals surface area contributed by atoms with E-state index in [-0.39, 0.29) is 11.9 Å². The van der Waals surface area contributed by atoms with E-state index in [1.165, 1.54) is 18.4 Å². The standard InChI is InChI=1S/C21H25N5O/c1-15-12-16(2)26-20(24-15)18(13-23-26)21(27)22-14-19(25-10-6-7-11-25)17-8-4-3-5-9-17/h3-5,8-9,12-13,19H,6-7,10-11,14H2,1-2H3,(H,22,27). The van der Waals surface area contributed by atoms with Crippen LogP contribution in [0.1, 0.15) is 46.2 Å². The van der Waals surface area contributed by atoms with Gasteiger partial charge in [0.05, 0.1) is 12.2 Å². The molecule has 1 fully saturated rings. The van der Waals surface area contributed by atoms with Crippen molar-refractivity contribution in [3.05, 3.63) is 65.1 Å². The highest BCUT2D eigenvalue weighted by atomic mass is 16.1. The molecule has 6 heteroatoms. The van der Waals surface area contributed by atoms with E-state index in [9.17, 15) is 4.79 Å². The van der Waals surface area contributed by atoms with Gasteiger partial charge in [-0.3, -0.25) is 9.69 Å². The Balaban J connectivity index is 1.55. The van der Waals surface area contributed by atoms with E-state index >= 15 is 0 Å². The Morgan fingerprint density at radius 1 is 1.19 bits per heavy atom. The number of likely N-dealkylation sites (tertiary alicyclic amines) is 1. The summed E-state index contributed by atoms with van der Waals surface area (Å²) in [5.41, 5.74) is 4.23. The van der Waals surface area contributed by atoms with Crippen molar-refractivity contribution in [2.45, 2.75) is 32.7 Å². The number of carbonyl (C=O) groups excluding carboxylic acids is 1. The summed E-state index contributed by atoms with van der Waals surface area (Å²) in [4.78, 5) is 19.8. The smallest absolute Gasteiger partial charge is 0.256 e. The second-order valence-electron chi connectivity index (χ2n) is 7.21. The number of carbonyl (C=O) groups is 1.